The molecule has 23 heavy (non-hydrogen) atoms. The predicted molar refractivity (Wildman–Crippen MR) is 92.6 cm³/mol. The van der Waals surface area contributed by atoms with Gasteiger partial charge in [-0.05, 0) is 36.2 Å². The van der Waals surface area contributed by atoms with E-state index in [1.807, 2.05) is 54.6 Å². The lowest BCUT2D eigenvalue weighted by Gasteiger charge is -2.17. The molecule has 4 nitrogen and oxygen atoms in total. The van der Waals surface area contributed by atoms with Crippen LogP contribution in [0.2, 0.25) is 5.02 Å². The van der Waals surface area contributed by atoms with Gasteiger partial charge in [-0.15, -0.1) is 0 Å². The highest BCUT2D eigenvalue weighted by Gasteiger charge is 2.14. The van der Waals surface area contributed by atoms with E-state index in [4.69, 9.17) is 11.6 Å². The number of amides is 2. The van der Waals surface area contributed by atoms with Crippen LogP contribution in [0.1, 0.15) is 12.0 Å². The molecule has 2 aromatic carbocycles. The van der Waals surface area contributed by atoms with Crippen molar-refractivity contribution < 1.29 is 9.59 Å². The Bertz CT molecular complexity index is 674. The average molecular weight is 331 g/mol. The van der Waals surface area contributed by atoms with E-state index in [0.717, 1.165) is 11.3 Å². The second-order valence-electron chi connectivity index (χ2n) is 5.19. The van der Waals surface area contributed by atoms with Gasteiger partial charge in [0.15, 0.2) is 0 Å². The molecule has 5 heteroatoms. The summed E-state index contributed by atoms with van der Waals surface area (Å²) in [5.41, 5.74) is 1.81. The number of benzene rings is 2. The molecule has 0 fully saturated rings. The Kier molecular flexibility index (Phi) is 6.18. The second-order valence-corrected chi connectivity index (χ2v) is 5.63. The maximum atomic E-state index is 12.1. The summed E-state index contributed by atoms with van der Waals surface area (Å²) in [6.07, 6.45) is 0.510. The maximum Gasteiger partial charge on any atom is 0.236 e. The topological polar surface area (TPSA) is 49.4 Å². The van der Waals surface area contributed by atoms with Gasteiger partial charge in [-0.3, -0.25) is 9.59 Å². The number of rotatable bonds is 6. The lowest BCUT2D eigenvalue weighted by Crippen LogP contribution is -2.34. The van der Waals surface area contributed by atoms with Gasteiger partial charge in [-0.2, -0.15) is 0 Å². The first kappa shape index (κ1) is 17.0. The number of carbonyl (C=O) groups is 2. The van der Waals surface area contributed by atoms with Crippen molar-refractivity contribution in [1.29, 1.82) is 0 Å². The van der Waals surface area contributed by atoms with Crippen molar-refractivity contribution in [3.05, 3.63) is 65.2 Å². The Balaban J connectivity index is 1.77. The minimum Gasteiger partial charge on any atom is -0.355 e. The van der Waals surface area contributed by atoms with Crippen LogP contribution in [0, 0.1) is 0 Å². The molecule has 0 saturated heterocycles. The minimum absolute atomic E-state index is 0.166. The van der Waals surface area contributed by atoms with Crippen LogP contribution in [-0.2, 0) is 16.0 Å². The van der Waals surface area contributed by atoms with Crippen LogP contribution >= 0.6 is 11.6 Å². The van der Waals surface area contributed by atoms with E-state index in [2.05, 4.69) is 5.32 Å². The van der Waals surface area contributed by atoms with Gasteiger partial charge < -0.3 is 10.2 Å². The van der Waals surface area contributed by atoms with E-state index in [-0.39, 0.29) is 18.2 Å². The monoisotopic (exact) mass is 330 g/mol. The fourth-order valence-corrected chi connectivity index (χ4v) is 2.37. The molecule has 0 bridgehead atoms. The van der Waals surface area contributed by atoms with Crippen LogP contribution in [0.5, 0.6) is 0 Å². The number of nitrogens with one attached hydrogen (secondary N) is 1. The molecule has 0 aliphatic rings. The molecule has 0 radical (unpaired) electrons. The smallest absolute Gasteiger partial charge is 0.236 e. The van der Waals surface area contributed by atoms with E-state index in [9.17, 15) is 9.59 Å². The quantitative estimate of drug-likeness (QED) is 0.828. The molecule has 0 aliphatic heterocycles. The number of nitrogens with zero attached hydrogens (tertiary/aromatic N) is 1. The lowest BCUT2D eigenvalue weighted by molar-refractivity contribution is -0.127. The molecular formula is C18H19ClN2O2. The zero-order valence-electron chi connectivity index (χ0n) is 13.0. The third-order valence-corrected chi connectivity index (χ3v) is 3.69. The van der Waals surface area contributed by atoms with E-state index in [1.54, 1.807) is 7.05 Å². The Morgan fingerprint density at radius 3 is 2.52 bits per heavy atom. The number of para-hydroxylation sites is 1. The molecule has 0 saturated carbocycles. The molecule has 2 aromatic rings. The first-order chi connectivity index (χ1) is 11.1. The van der Waals surface area contributed by atoms with Gasteiger partial charge >= 0.3 is 0 Å². The Morgan fingerprint density at radius 2 is 1.83 bits per heavy atom. The molecule has 1 N–H and O–H groups in total. The largest absolute Gasteiger partial charge is 0.355 e. The molecule has 0 unspecified atom stereocenters. The Hall–Kier alpha value is -2.33. The van der Waals surface area contributed by atoms with Crippen LogP contribution in [0.4, 0.5) is 5.69 Å². The number of halogens is 1. The Morgan fingerprint density at radius 1 is 1.09 bits per heavy atom. The number of hydrogen-bond donors (Lipinski definition) is 1. The zero-order valence-corrected chi connectivity index (χ0v) is 13.7. The fourth-order valence-electron chi connectivity index (χ4n) is 2.15. The van der Waals surface area contributed by atoms with Crippen LogP contribution in [0.25, 0.3) is 0 Å². The maximum absolute atomic E-state index is 12.1. The molecule has 0 spiro atoms. The van der Waals surface area contributed by atoms with Gasteiger partial charge in [-0.1, -0.05) is 41.9 Å². The van der Waals surface area contributed by atoms with Crippen molar-refractivity contribution in [2.24, 2.45) is 0 Å². The van der Waals surface area contributed by atoms with Crippen molar-refractivity contribution in [3.8, 4) is 0 Å². The van der Waals surface area contributed by atoms with Crippen molar-refractivity contribution >= 4 is 29.1 Å². The van der Waals surface area contributed by atoms with Gasteiger partial charge in [0, 0.05) is 24.3 Å². The van der Waals surface area contributed by atoms with Gasteiger partial charge in [-0.25, -0.2) is 0 Å². The van der Waals surface area contributed by atoms with E-state index in [1.165, 1.54) is 4.90 Å². The molecule has 120 valence electrons. The Labute approximate surface area is 141 Å². The van der Waals surface area contributed by atoms with Crippen molar-refractivity contribution in [2.45, 2.75) is 12.8 Å². The molecular weight excluding hydrogens is 312 g/mol. The fraction of sp³-hybridized carbons (Fsp3) is 0.222. The zero-order chi connectivity index (χ0) is 16.7. The summed E-state index contributed by atoms with van der Waals surface area (Å²) in [5.74, 6) is -0.517. The highest BCUT2D eigenvalue weighted by atomic mass is 35.5. The molecule has 0 aromatic heterocycles. The van der Waals surface area contributed by atoms with Crippen molar-refractivity contribution in [1.82, 2.24) is 5.32 Å². The third-order valence-electron chi connectivity index (χ3n) is 3.45. The second kappa shape index (κ2) is 8.34. The highest BCUT2D eigenvalue weighted by molar-refractivity contribution is 6.30. The normalized spacial score (nSPS) is 10.2. The van der Waals surface area contributed by atoms with Crippen molar-refractivity contribution in [3.63, 3.8) is 0 Å². The van der Waals surface area contributed by atoms with Gasteiger partial charge in [0.1, 0.15) is 6.42 Å². The predicted octanol–water partition coefficient (Wildman–Crippen LogP) is 3.05. The summed E-state index contributed by atoms with van der Waals surface area (Å²) in [6, 6.07) is 16.7. The van der Waals surface area contributed by atoms with E-state index >= 15 is 0 Å². The van der Waals surface area contributed by atoms with Crippen LogP contribution < -0.4 is 10.2 Å². The summed E-state index contributed by atoms with van der Waals surface area (Å²) in [4.78, 5) is 25.4. The van der Waals surface area contributed by atoms with Crippen LogP contribution in [-0.4, -0.2) is 25.4 Å². The number of anilines is 1. The van der Waals surface area contributed by atoms with Crippen LogP contribution in [0.15, 0.2) is 54.6 Å². The SMILES string of the molecule is CN(C(=O)CC(=O)NCCc1cccc(Cl)c1)c1ccccc1. The minimum atomic E-state index is -0.278. The third kappa shape index (κ3) is 5.42. The summed E-state index contributed by atoms with van der Waals surface area (Å²) < 4.78 is 0. The van der Waals surface area contributed by atoms with Crippen molar-refractivity contribution in [2.75, 3.05) is 18.5 Å². The van der Waals surface area contributed by atoms with Gasteiger partial charge in [0.25, 0.3) is 0 Å². The van der Waals surface area contributed by atoms with Crippen LogP contribution in [0.3, 0.4) is 0 Å². The summed E-state index contributed by atoms with van der Waals surface area (Å²) in [5, 5.41) is 3.43. The van der Waals surface area contributed by atoms with E-state index in [0.29, 0.717) is 18.0 Å². The molecule has 2 amide bonds. The highest BCUT2D eigenvalue weighted by Crippen LogP contribution is 2.12. The molecule has 0 atom stereocenters. The first-order valence-corrected chi connectivity index (χ1v) is 7.77. The molecule has 0 aliphatic carbocycles. The van der Waals surface area contributed by atoms with E-state index < -0.39 is 0 Å². The first-order valence-electron chi connectivity index (χ1n) is 7.39. The molecule has 0 heterocycles. The summed E-state index contributed by atoms with van der Waals surface area (Å²) in [7, 11) is 1.66. The standard InChI is InChI=1S/C18H19ClN2O2/c1-21(16-8-3-2-4-9-16)18(23)13-17(22)20-11-10-14-6-5-7-15(19)12-14/h2-9,12H,10-11,13H2,1H3,(H,20,22). The summed E-state index contributed by atoms with van der Waals surface area (Å²) >= 11 is 5.91. The molecule has 2 rings (SSSR count). The van der Waals surface area contributed by atoms with Gasteiger partial charge in [0.05, 0.1) is 0 Å². The summed E-state index contributed by atoms with van der Waals surface area (Å²) in [6.45, 7) is 0.474. The van der Waals surface area contributed by atoms with Gasteiger partial charge in [0.2, 0.25) is 11.8 Å². The lowest BCUT2D eigenvalue weighted by atomic mass is 10.1. The number of hydrogen-bond acceptors (Lipinski definition) is 2. The average Bonchev–Trinajstić information content (AvgIpc) is 2.55. The number of carbonyl (C=O) groups excluding carboxylic acids is 2.